The second kappa shape index (κ2) is 6.51. The monoisotopic (exact) mass is 263 g/mol. The highest BCUT2D eigenvalue weighted by atomic mass is 19.1. The minimum absolute atomic E-state index is 0.121. The minimum Gasteiger partial charge on any atom is -0.313 e. The lowest BCUT2D eigenvalue weighted by Crippen LogP contribution is -2.45. The summed E-state index contributed by atoms with van der Waals surface area (Å²) in [6.07, 6.45) is 7.49. The molecule has 0 bridgehead atoms. The maximum atomic E-state index is 13.3. The van der Waals surface area contributed by atoms with Crippen LogP contribution in [-0.4, -0.2) is 12.6 Å². The van der Waals surface area contributed by atoms with Crippen LogP contribution in [0.2, 0.25) is 0 Å². The molecule has 1 nitrogen and oxygen atoms in total. The van der Waals surface area contributed by atoms with Gasteiger partial charge in [-0.05, 0) is 55.3 Å². The third-order valence-corrected chi connectivity index (χ3v) is 4.82. The lowest BCUT2D eigenvalue weighted by atomic mass is 9.74. The van der Waals surface area contributed by atoms with Gasteiger partial charge >= 0.3 is 0 Å². The maximum Gasteiger partial charge on any atom is 0.123 e. The topological polar surface area (TPSA) is 12.0 Å². The predicted octanol–water partition coefficient (Wildman–Crippen LogP) is 4.32. The smallest absolute Gasteiger partial charge is 0.123 e. The molecule has 1 fully saturated rings. The number of halogens is 1. The quantitative estimate of drug-likeness (QED) is 0.806. The van der Waals surface area contributed by atoms with Gasteiger partial charge in [0.15, 0.2) is 0 Å². The largest absolute Gasteiger partial charge is 0.313 e. The van der Waals surface area contributed by atoms with E-state index in [4.69, 9.17) is 0 Å². The number of hydrogen-bond acceptors (Lipinski definition) is 1. The van der Waals surface area contributed by atoms with E-state index in [1.165, 1.54) is 38.2 Å². The molecule has 1 aromatic rings. The SMILES string of the molecule is CCNC(Cc1cccc(F)c1)C1(CC)CCCC1. The Kier molecular flexibility index (Phi) is 4.98. The Balaban J connectivity index is 2.15. The fourth-order valence-electron chi connectivity index (χ4n) is 3.68. The third kappa shape index (κ3) is 3.36. The van der Waals surface area contributed by atoms with Crippen molar-refractivity contribution in [3.63, 3.8) is 0 Å². The first-order chi connectivity index (χ1) is 9.20. The fourth-order valence-corrected chi connectivity index (χ4v) is 3.68. The predicted molar refractivity (Wildman–Crippen MR) is 78.8 cm³/mol. The normalized spacial score (nSPS) is 19.5. The molecule has 1 aliphatic carbocycles. The number of hydrogen-bond donors (Lipinski definition) is 1. The Labute approximate surface area is 116 Å². The molecule has 19 heavy (non-hydrogen) atoms. The van der Waals surface area contributed by atoms with Crippen LogP contribution >= 0.6 is 0 Å². The van der Waals surface area contributed by atoms with Crippen LogP contribution in [0.3, 0.4) is 0 Å². The molecule has 0 aromatic heterocycles. The first-order valence-electron chi connectivity index (χ1n) is 7.68. The lowest BCUT2D eigenvalue weighted by molar-refractivity contribution is 0.186. The van der Waals surface area contributed by atoms with Gasteiger partial charge in [-0.1, -0.05) is 38.8 Å². The Hall–Kier alpha value is -0.890. The van der Waals surface area contributed by atoms with E-state index in [0.717, 1.165) is 18.5 Å². The average Bonchev–Trinajstić information content (AvgIpc) is 2.88. The standard InChI is InChI=1S/C17H26FN/c1-3-17(10-5-6-11-17)16(19-4-2)13-14-8-7-9-15(18)12-14/h7-9,12,16,19H,3-6,10-11,13H2,1-2H3. The molecule has 2 heteroatoms. The van der Waals surface area contributed by atoms with Crippen molar-refractivity contribution in [3.05, 3.63) is 35.6 Å². The number of benzene rings is 1. The van der Waals surface area contributed by atoms with Gasteiger partial charge < -0.3 is 5.32 Å². The van der Waals surface area contributed by atoms with Crippen LogP contribution in [0, 0.1) is 11.2 Å². The second-order valence-electron chi connectivity index (χ2n) is 5.87. The molecule has 2 rings (SSSR count). The molecule has 106 valence electrons. The number of likely N-dealkylation sites (N-methyl/N-ethyl adjacent to an activating group) is 1. The summed E-state index contributed by atoms with van der Waals surface area (Å²) in [7, 11) is 0. The van der Waals surface area contributed by atoms with Gasteiger partial charge in [-0.2, -0.15) is 0 Å². The van der Waals surface area contributed by atoms with E-state index in [9.17, 15) is 4.39 Å². The van der Waals surface area contributed by atoms with Gasteiger partial charge in [-0.25, -0.2) is 4.39 Å². The van der Waals surface area contributed by atoms with E-state index in [1.807, 2.05) is 12.1 Å². The summed E-state index contributed by atoms with van der Waals surface area (Å²) in [6, 6.07) is 7.55. The van der Waals surface area contributed by atoms with Crippen LogP contribution in [0.15, 0.2) is 24.3 Å². The van der Waals surface area contributed by atoms with Gasteiger partial charge in [0.1, 0.15) is 5.82 Å². The molecule has 1 saturated carbocycles. The molecule has 0 amide bonds. The van der Waals surface area contributed by atoms with Crippen molar-refractivity contribution < 1.29 is 4.39 Å². The molecule has 0 aliphatic heterocycles. The van der Waals surface area contributed by atoms with Crippen LogP contribution in [0.4, 0.5) is 4.39 Å². The molecule has 1 N–H and O–H groups in total. The summed E-state index contributed by atoms with van der Waals surface area (Å²) >= 11 is 0. The van der Waals surface area contributed by atoms with E-state index in [0.29, 0.717) is 11.5 Å². The maximum absolute atomic E-state index is 13.3. The Morgan fingerprint density at radius 1 is 1.26 bits per heavy atom. The van der Waals surface area contributed by atoms with Crippen LogP contribution in [0.5, 0.6) is 0 Å². The minimum atomic E-state index is -0.121. The molecule has 1 unspecified atom stereocenters. The van der Waals surface area contributed by atoms with Gasteiger partial charge in [0.05, 0.1) is 0 Å². The van der Waals surface area contributed by atoms with Gasteiger partial charge in [-0.15, -0.1) is 0 Å². The van der Waals surface area contributed by atoms with E-state index in [2.05, 4.69) is 19.2 Å². The lowest BCUT2D eigenvalue weighted by Gasteiger charge is -2.38. The Bertz CT molecular complexity index is 396. The summed E-state index contributed by atoms with van der Waals surface area (Å²) in [5.41, 5.74) is 1.54. The number of nitrogens with one attached hydrogen (secondary N) is 1. The van der Waals surface area contributed by atoms with Crippen LogP contribution in [-0.2, 0) is 6.42 Å². The molecular formula is C17H26FN. The van der Waals surface area contributed by atoms with Gasteiger partial charge in [0, 0.05) is 6.04 Å². The highest BCUT2D eigenvalue weighted by Gasteiger charge is 2.39. The van der Waals surface area contributed by atoms with Crippen LogP contribution in [0.25, 0.3) is 0 Å². The zero-order valence-corrected chi connectivity index (χ0v) is 12.2. The van der Waals surface area contributed by atoms with Crippen LogP contribution < -0.4 is 5.32 Å². The van der Waals surface area contributed by atoms with Gasteiger partial charge in [-0.3, -0.25) is 0 Å². The average molecular weight is 263 g/mol. The molecule has 0 heterocycles. The van der Waals surface area contributed by atoms with E-state index in [1.54, 1.807) is 6.07 Å². The highest BCUT2D eigenvalue weighted by molar-refractivity contribution is 5.18. The van der Waals surface area contributed by atoms with Gasteiger partial charge in [0.2, 0.25) is 0 Å². The zero-order chi connectivity index (χ0) is 13.7. The van der Waals surface area contributed by atoms with Crippen molar-refractivity contribution in [3.8, 4) is 0 Å². The summed E-state index contributed by atoms with van der Waals surface area (Å²) < 4.78 is 13.3. The highest BCUT2D eigenvalue weighted by Crippen LogP contribution is 2.44. The van der Waals surface area contributed by atoms with E-state index >= 15 is 0 Å². The summed E-state index contributed by atoms with van der Waals surface area (Å²) in [5.74, 6) is -0.121. The van der Waals surface area contributed by atoms with Crippen molar-refractivity contribution in [1.82, 2.24) is 5.32 Å². The second-order valence-corrected chi connectivity index (χ2v) is 5.87. The first-order valence-corrected chi connectivity index (χ1v) is 7.68. The molecule has 0 spiro atoms. The Morgan fingerprint density at radius 2 is 2.00 bits per heavy atom. The number of rotatable bonds is 6. The zero-order valence-electron chi connectivity index (χ0n) is 12.2. The summed E-state index contributed by atoms with van der Waals surface area (Å²) in [5, 5.41) is 3.66. The van der Waals surface area contributed by atoms with Crippen molar-refractivity contribution in [2.75, 3.05) is 6.54 Å². The van der Waals surface area contributed by atoms with E-state index in [-0.39, 0.29) is 5.82 Å². The third-order valence-electron chi connectivity index (χ3n) is 4.82. The molecule has 1 atom stereocenters. The molecule has 0 radical (unpaired) electrons. The van der Waals surface area contributed by atoms with Gasteiger partial charge in [0.25, 0.3) is 0 Å². The van der Waals surface area contributed by atoms with E-state index < -0.39 is 0 Å². The fraction of sp³-hybridized carbons (Fsp3) is 0.647. The first kappa shape index (κ1) is 14.5. The molecule has 1 aromatic carbocycles. The van der Waals surface area contributed by atoms with Crippen molar-refractivity contribution in [2.24, 2.45) is 5.41 Å². The van der Waals surface area contributed by atoms with Crippen molar-refractivity contribution >= 4 is 0 Å². The molecule has 0 saturated heterocycles. The van der Waals surface area contributed by atoms with Crippen LogP contribution in [0.1, 0.15) is 51.5 Å². The molecule has 1 aliphatic rings. The van der Waals surface area contributed by atoms with Crippen molar-refractivity contribution in [1.29, 1.82) is 0 Å². The molecular weight excluding hydrogens is 237 g/mol. The Morgan fingerprint density at radius 3 is 2.58 bits per heavy atom. The van der Waals surface area contributed by atoms with Crippen molar-refractivity contribution in [2.45, 2.75) is 58.4 Å². The summed E-state index contributed by atoms with van der Waals surface area (Å²) in [4.78, 5) is 0. The summed E-state index contributed by atoms with van der Waals surface area (Å²) in [6.45, 7) is 5.46.